The fraction of sp³-hybridized carbons (Fsp3) is 0.467. The van der Waals surface area contributed by atoms with Crippen molar-refractivity contribution in [3.8, 4) is 0 Å². The quantitative estimate of drug-likeness (QED) is 0.816. The molecule has 2 rings (SSSR count). The molecule has 0 bridgehead atoms. The highest BCUT2D eigenvalue weighted by Gasteiger charge is 2.25. The van der Waals surface area contributed by atoms with Gasteiger partial charge in [-0.2, -0.15) is 0 Å². The Morgan fingerprint density at radius 1 is 1.38 bits per heavy atom. The van der Waals surface area contributed by atoms with Crippen LogP contribution in [0.4, 0.5) is 0 Å². The van der Waals surface area contributed by atoms with Crippen LogP contribution in [-0.4, -0.2) is 6.54 Å². The predicted molar refractivity (Wildman–Crippen MR) is 70.3 cm³/mol. The van der Waals surface area contributed by atoms with E-state index in [1.807, 2.05) is 0 Å². The Balaban J connectivity index is 2.32. The van der Waals surface area contributed by atoms with Crippen molar-refractivity contribution in [2.24, 2.45) is 11.7 Å². The Morgan fingerprint density at radius 3 is 2.62 bits per heavy atom. The summed E-state index contributed by atoms with van der Waals surface area (Å²) in [5.41, 5.74) is 10.0. The Bertz CT molecular complexity index is 386. The van der Waals surface area contributed by atoms with Gasteiger partial charge in [0.1, 0.15) is 0 Å². The summed E-state index contributed by atoms with van der Waals surface area (Å²) in [5.74, 6) is 1.34. The van der Waals surface area contributed by atoms with Crippen LogP contribution < -0.4 is 5.73 Å². The molecule has 1 aliphatic rings. The maximum Gasteiger partial charge on any atom is 0.0142 e. The Morgan fingerprint density at radius 2 is 2.06 bits per heavy atom. The van der Waals surface area contributed by atoms with Crippen LogP contribution in [0.5, 0.6) is 0 Å². The third-order valence-electron chi connectivity index (χ3n) is 3.33. The average Bonchev–Trinajstić information content (AvgIpc) is 3.09. The zero-order valence-corrected chi connectivity index (χ0v) is 10.2. The first-order valence-corrected chi connectivity index (χ1v) is 6.22. The van der Waals surface area contributed by atoms with Crippen molar-refractivity contribution in [2.75, 3.05) is 6.54 Å². The molecule has 0 radical (unpaired) electrons. The minimum atomic E-state index is 0.539. The lowest BCUT2D eigenvalue weighted by Gasteiger charge is -2.11. The first kappa shape index (κ1) is 11.4. The predicted octanol–water partition coefficient (Wildman–Crippen LogP) is 3.56. The largest absolute Gasteiger partial charge is 0.327 e. The maximum absolute atomic E-state index is 5.80. The van der Waals surface area contributed by atoms with E-state index in [1.165, 1.54) is 29.5 Å². The second-order valence-corrected chi connectivity index (χ2v) is 4.98. The summed E-state index contributed by atoms with van der Waals surface area (Å²) >= 11 is 0. The van der Waals surface area contributed by atoms with Crippen LogP contribution >= 0.6 is 0 Å². The second kappa shape index (κ2) is 4.84. The van der Waals surface area contributed by atoms with E-state index in [1.54, 1.807) is 0 Å². The van der Waals surface area contributed by atoms with E-state index in [2.05, 4.69) is 44.2 Å². The molecule has 2 N–H and O–H groups in total. The van der Waals surface area contributed by atoms with E-state index in [4.69, 9.17) is 5.73 Å². The molecule has 0 saturated heterocycles. The van der Waals surface area contributed by atoms with E-state index < -0.39 is 0 Å². The topological polar surface area (TPSA) is 26.0 Å². The lowest BCUT2D eigenvalue weighted by Crippen LogP contribution is -2.08. The van der Waals surface area contributed by atoms with Gasteiger partial charge in [0.05, 0.1) is 0 Å². The molecule has 0 heterocycles. The van der Waals surface area contributed by atoms with Crippen LogP contribution in [0.15, 0.2) is 29.8 Å². The summed E-state index contributed by atoms with van der Waals surface area (Å²) < 4.78 is 0. The van der Waals surface area contributed by atoms with Crippen LogP contribution in [-0.2, 0) is 0 Å². The summed E-state index contributed by atoms with van der Waals surface area (Å²) in [7, 11) is 0. The molecule has 1 aliphatic carbocycles. The fourth-order valence-electron chi connectivity index (χ4n) is 2.07. The van der Waals surface area contributed by atoms with Gasteiger partial charge in [0.15, 0.2) is 0 Å². The second-order valence-electron chi connectivity index (χ2n) is 4.98. The highest BCUT2D eigenvalue weighted by atomic mass is 14.5. The lowest BCUT2D eigenvalue weighted by molar-refractivity contribution is 0.752. The van der Waals surface area contributed by atoms with Crippen LogP contribution in [0.1, 0.15) is 43.7 Å². The van der Waals surface area contributed by atoms with E-state index in [0.29, 0.717) is 12.5 Å². The SMILES string of the molecule is CC(C)C(=Cc1ccccc1C1CC1)CN. The summed E-state index contributed by atoms with van der Waals surface area (Å²) in [5, 5.41) is 0. The van der Waals surface area contributed by atoms with E-state index in [-0.39, 0.29) is 0 Å². The van der Waals surface area contributed by atoms with Gasteiger partial charge in [-0.25, -0.2) is 0 Å². The van der Waals surface area contributed by atoms with Crippen molar-refractivity contribution in [3.05, 3.63) is 41.0 Å². The summed E-state index contributed by atoms with van der Waals surface area (Å²) in [6, 6.07) is 8.73. The minimum absolute atomic E-state index is 0.539. The molecular formula is C15H21N. The lowest BCUT2D eigenvalue weighted by atomic mass is 9.96. The third-order valence-corrected chi connectivity index (χ3v) is 3.33. The normalized spacial score (nSPS) is 16.9. The van der Waals surface area contributed by atoms with Gasteiger partial charge in [0, 0.05) is 6.54 Å². The van der Waals surface area contributed by atoms with Crippen LogP contribution in [0, 0.1) is 5.92 Å². The van der Waals surface area contributed by atoms with Crippen molar-refractivity contribution < 1.29 is 0 Å². The molecular weight excluding hydrogens is 194 g/mol. The van der Waals surface area contributed by atoms with Crippen molar-refractivity contribution in [3.63, 3.8) is 0 Å². The molecule has 0 atom stereocenters. The molecule has 86 valence electrons. The fourth-order valence-corrected chi connectivity index (χ4v) is 2.07. The monoisotopic (exact) mass is 215 g/mol. The molecule has 1 aromatic carbocycles. The molecule has 16 heavy (non-hydrogen) atoms. The number of hydrogen-bond acceptors (Lipinski definition) is 1. The molecule has 0 spiro atoms. The van der Waals surface area contributed by atoms with Crippen molar-refractivity contribution in [1.29, 1.82) is 0 Å². The van der Waals surface area contributed by atoms with Crippen LogP contribution in [0.25, 0.3) is 6.08 Å². The van der Waals surface area contributed by atoms with Gasteiger partial charge in [0.2, 0.25) is 0 Å². The Hall–Kier alpha value is -1.08. The molecule has 0 unspecified atom stereocenters. The van der Waals surface area contributed by atoms with Gasteiger partial charge < -0.3 is 5.73 Å². The third kappa shape index (κ3) is 2.53. The van der Waals surface area contributed by atoms with Crippen molar-refractivity contribution in [1.82, 2.24) is 0 Å². The molecule has 1 saturated carbocycles. The minimum Gasteiger partial charge on any atom is -0.327 e. The van der Waals surface area contributed by atoms with Crippen molar-refractivity contribution >= 4 is 6.08 Å². The number of nitrogens with two attached hydrogens (primary N) is 1. The first-order valence-electron chi connectivity index (χ1n) is 6.22. The standard InChI is InChI=1S/C15H21N/c1-11(2)14(10-16)9-13-5-3-4-6-15(13)12-7-8-12/h3-6,9,11-12H,7-8,10,16H2,1-2H3. The number of hydrogen-bond donors (Lipinski definition) is 1. The highest BCUT2D eigenvalue weighted by Crippen LogP contribution is 2.42. The molecule has 0 aliphatic heterocycles. The van der Waals surface area contributed by atoms with Crippen LogP contribution in [0.3, 0.4) is 0 Å². The highest BCUT2D eigenvalue weighted by molar-refractivity contribution is 5.59. The molecule has 1 fully saturated rings. The molecule has 0 aromatic heterocycles. The van der Waals surface area contributed by atoms with E-state index >= 15 is 0 Å². The molecule has 1 aromatic rings. The van der Waals surface area contributed by atoms with Gasteiger partial charge in [-0.3, -0.25) is 0 Å². The van der Waals surface area contributed by atoms with Gasteiger partial charge >= 0.3 is 0 Å². The van der Waals surface area contributed by atoms with Gasteiger partial charge in [-0.1, -0.05) is 49.8 Å². The zero-order chi connectivity index (χ0) is 11.5. The van der Waals surface area contributed by atoms with E-state index in [9.17, 15) is 0 Å². The number of rotatable bonds is 4. The Kier molecular flexibility index (Phi) is 3.45. The molecule has 0 amide bonds. The van der Waals surface area contributed by atoms with E-state index in [0.717, 1.165) is 5.92 Å². The molecule has 1 heteroatoms. The molecule has 1 nitrogen and oxygen atoms in total. The van der Waals surface area contributed by atoms with Crippen LogP contribution in [0.2, 0.25) is 0 Å². The first-order chi connectivity index (χ1) is 7.72. The van der Waals surface area contributed by atoms with Gasteiger partial charge in [0.25, 0.3) is 0 Å². The smallest absolute Gasteiger partial charge is 0.0142 e. The summed E-state index contributed by atoms with van der Waals surface area (Å²) in [6.45, 7) is 5.08. The van der Waals surface area contributed by atoms with Gasteiger partial charge in [-0.05, 0) is 35.8 Å². The van der Waals surface area contributed by atoms with Crippen molar-refractivity contribution in [2.45, 2.75) is 32.6 Å². The Labute approximate surface area is 98.4 Å². The summed E-state index contributed by atoms with van der Waals surface area (Å²) in [6.07, 6.45) is 4.99. The summed E-state index contributed by atoms with van der Waals surface area (Å²) in [4.78, 5) is 0. The maximum atomic E-state index is 5.80. The van der Waals surface area contributed by atoms with Gasteiger partial charge in [-0.15, -0.1) is 0 Å². The average molecular weight is 215 g/mol. The zero-order valence-electron chi connectivity index (χ0n) is 10.2. The number of benzene rings is 1.